The second kappa shape index (κ2) is 6.57. The first-order valence-electron chi connectivity index (χ1n) is 7.70. The lowest BCUT2D eigenvalue weighted by molar-refractivity contribution is 0.841. The molecule has 1 aliphatic heterocycles. The van der Waals surface area contributed by atoms with Crippen molar-refractivity contribution < 1.29 is 0 Å². The van der Waals surface area contributed by atoms with Crippen LogP contribution in [0.15, 0.2) is 41.6 Å². The molecule has 1 aliphatic rings. The molecular formula is C17H22N4S. The summed E-state index contributed by atoms with van der Waals surface area (Å²) < 4.78 is 2.18. The standard InChI is InChI=1S/C17H22N4S/c1-13(2)12-22-17-19-18-16(20-10-4-5-11-20)21(17)15-8-6-14(3)7-9-15/h6-9H,1,4-5,10-12H2,2-3H3. The molecule has 4 nitrogen and oxygen atoms in total. The molecule has 0 amide bonds. The van der Waals surface area contributed by atoms with Crippen molar-refractivity contribution in [1.82, 2.24) is 14.8 Å². The molecule has 2 aromatic rings. The monoisotopic (exact) mass is 314 g/mol. The number of rotatable bonds is 5. The van der Waals surface area contributed by atoms with Gasteiger partial charge in [-0.1, -0.05) is 41.6 Å². The largest absolute Gasteiger partial charge is 0.341 e. The Morgan fingerprint density at radius 1 is 1.18 bits per heavy atom. The highest BCUT2D eigenvalue weighted by Gasteiger charge is 2.22. The van der Waals surface area contributed by atoms with E-state index in [4.69, 9.17) is 0 Å². The summed E-state index contributed by atoms with van der Waals surface area (Å²) in [6.45, 7) is 10.3. The van der Waals surface area contributed by atoms with Crippen molar-refractivity contribution in [3.8, 4) is 5.69 Å². The van der Waals surface area contributed by atoms with E-state index in [1.165, 1.54) is 18.4 Å². The summed E-state index contributed by atoms with van der Waals surface area (Å²) in [5.41, 5.74) is 3.53. The Balaban J connectivity index is 1.99. The number of hydrogen-bond acceptors (Lipinski definition) is 4. The van der Waals surface area contributed by atoms with Crippen LogP contribution in [-0.4, -0.2) is 33.6 Å². The minimum atomic E-state index is 0.865. The Labute approximate surface area is 136 Å². The molecule has 1 saturated heterocycles. The molecule has 0 radical (unpaired) electrons. The normalized spacial score (nSPS) is 14.5. The van der Waals surface area contributed by atoms with E-state index in [0.717, 1.165) is 41.2 Å². The van der Waals surface area contributed by atoms with E-state index in [-0.39, 0.29) is 0 Å². The lowest BCUT2D eigenvalue weighted by atomic mass is 10.2. The van der Waals surface area contributed by atoms with Crippen molar-refractivity contribution in [1.29, 1.82) is 0 Å². The quantitative estimate of drug-likeness (QED) is 0.620. The Kier molecular flexibility index (Phi) is 4.52. The van der Waals surface area contributed by atoms with Gasteiger partial charge in [-0.25, -0.2) is 0 Å². The number of benzene rings is 1. The first-order chi connectivity index (χ1) is 10.6. The Morgan fingerprint density at radius 3 is 2.50 bits per heavy atom. The molecule has 1 fully saturated rings. The van der Waals surface area contributed by atoms with Gasteiger partial charge in [-0.15, -0.1) is 10.2 Å². The minimum absolute atomic E-state index is 0.865. The van der Waals surface area contributed by atoms with Crippen molar-refractivity contribution >= 4 is 17.7 Å². The molecule has 3 rings (SSSR count). The summed E-state index contributed by atoms with van der Waals surface area (Å²) in [7, 11) is 0. The van der Waals surface area contributed by atoms with Crippen molar-refractivity contribution in [2.45, 2.75) is 31.8 Å². The molecule has 5 heteroatoms. The third-order valence-electron chi connectivity index (χ3n) is 3.75. The van der Waals surface area contributed by atoms with Crippen LogP contribution >= 0.6 is 11.8 Å². The number of aromatic nitrogens is 3. The number of anilines is 1. The maximum Gasteiger partial charge on any atom is 0.232 e. The predicted octanol–water partition coefficient (Wildman–Crippen LogP) is 3.84. The van der Waals surface area contributed by atoms with Gasteiger partial charge in [0.2, 0.25) is 5.95 Å². The number of aryl methyl sites for hydroxylation is 1. The summed E-state index contributed by atoms with van der Waals surface area (Å²) in [5.74, 6) is 1.83. The summed E-state index contributed by atoms with van der Waals surface area (Å²) in [4.78, 5) is 2.33. The van der Waals surface area contributed by atoms with E-state index >= 15 is 0 Å². The zero-order valence-electron chi connectivity index (χ0n) is 13.2. The van der Waals surface area contributed by atoms with Crippen LogP contribution in [0.4, 0.5) is 5.95 Å². The molecule has 0 aliphatic carbocycles. The fourth-order valence-corrected chi connectivity index (χ4v) is 3.38. The van der Waals surface area contributed by atoms with E-state index < -0.39 is 0 Å². The van der Waals surface area contributed by atoms with Gasteiger partial charge in [0.25, 0.3) is 0 Å². The number of hydrogen-bond donors (Lipinski definition) is 0. The van der Waals surface area contributed by atoms with Crippen LogP contribution < -0.4 is 4.90 Å². The highest BCUT2D eigenvalue weighted by molar-refractivity contribution is 7.99. The Morgan fingerprint density at radius 2 is 1.86 bits per heavy atom. The van der Waals surface area contributed by atoms with Gasteiger partial charge in [0.05, 0.1) is 5.69 Å². The van der Waals surface area contributed by atoms with E-state index in [0.29, 0.717) is 0 Å². The molecule has 116 valence electrons. The second-order valence-corrected chi connectivity index (χ2v) is 6.84. The van der Waals surface area contributed by atoms with E-state index in [2.05, 4.69) is 57.4 Å². The van der Waals surface area contributed by atoms with E-state index in [1.807, 2.05) is 6.92 Å². The zero-order valence-corrected chi connectivity index (χ0v) is 14.1. The second-order valence-electron chi connectivity index (χ2n) is 5.89. The molecule has 2 heterocycles. The van der Waals surface area contributed by atoms with Crippen molar-refractivity contribution in [2.24, 2.45) is 0 Å². The average molecular weight is 314 g/mol. The van der Waals surface area contributed by atoms with Crippen LogP contribution in [0.2, 0.25) is 0 Å². The lowest BCUT2D eigenvalue weighted by Crippen LogP contribution is -2.22. The van der Waals surface area contributed by atoms with Crippen molar-refractivity contribution in [3.05, 3.63) is 42.0 Å². The summed E-state index contributed by atoms with van der Waals surface area (Å²) >= 11 is 1.70. The SMILES string of the molecule is C=C(C)CSc1nnc(N2CCCC2)n1-c1ccc(C)cc1. The Bertz CT molecular complexity index is 654. The Hall–Kier alpha value is -1.75. The molecule has 0 atom stereocenters. The maximum atomic E-state index is 4.46. The fourth-order valence-electron chi connectivity index (χ4n) is 2.59. The maximum absolute atomic E-state index is 4.46. The topological polar surface area (TPSA) is 34.0 Å². The van der Waals surface area contributed by atoms with Gasteiger partial charge in [-0.05, 0) is 38.8 Å². The van der Waals surface area contributed by atoms with Gasteiger partial charge in [-0.3, -0.25) is 4.57 Å². The van der Waals surface area contributed by atoms with Crippen LogP contribution in [0.25, 0.3) is 5.69 Å². The highest BCUT2D eigenvalue weighted by atomic mass is 32.2. The number of thioether (sulfide) groups is 1. The van der Waals surface area contributed by atoms with E-state index in [1.54, 1.807) is 11.8 Å². The average Bonchev–Trinajstić information content (AvgIpc) is 3.15. The predicted molar refractivity (Wildman–Crippen MR) is 93.1 cm³/mol. The third kappa shape index (κ3) is 3.19. The van der Waals surface area contributed by atoms with Crippen molar-refractivity contribution in [2.75, 3.05) is 23.7 Å². The molecule has 1 aromatic carbocycles. The van der Waals surface area contributed by atoms with Crippen LogP contribution in [0.1, 0.15) is 25.3 Å². The van der Waals surface area contributed by atoms with Gasteiger partial charge in [-0.2, -0.15) is 0 Å². The van der Waals surface area contributed by atoms with Crippen LogP contribution in [0.3, 0.4) is 0 Å². The lowest BCUT2D eigenvalue weighted by Gasteiger charge is -2.18. The van der Waals surface area contributed by atoms with Crippen LogP contribution in [-0.2, 0) is 0 Å². The summed E-state index contributed by atoms with van der Waals surface area (Å²) in [5, 5.41) is 9.83. The molecule has 0 unspecified atom stereocenters. The first-order valence-corrected chi connectivity index (χ1v) is 8.68. The fraction of sp³-hybridized carbons (Fsp3) is 0.412. The third-order valence-corrected chi connectivity index (χ3v) is 4.90. The van der Waals surface area contributed by atoms with Crippen molar-refractivity contribution in [3.63, 3.8) is 0 Å². The summed E-state index contributed by atoms with van der Waals surface area (Å²) in [6.07, 6.45) is 2.46. The molecule has 0 saturated carbocycles. The molecule has 0 N–H and O–H groups in total. The van der Waals surface area contributed by atoms with Crippen LogP contribution in [0.5, 0.6) is 0 Å². The van der Waals surface area contributed by atoms with Gasteiger partial charge in [0.1, 0.15) is 0 Å². The van der Waals surface area contributed by atoms with Gasteiger partial charge >= 0.3 is 0 Å². The highest BCUT2D eigenvalue weighted by Crippen LogP contribution is 2.29. The molecule has 0 spiro atoms. The van der Waals surface area contributed by atoms with E-state index in [9.17, 15) is 0 Å². The first kappa shape index (κ1) is 15.2. The molecule has 0 bridgehead atoms. The molecule has 1 aromatic heterocycles. The van der Waals surface area contributed by atoms with Gasteiger partial charge in [0, 0.05) is 18.8 Å². The number of nitrogens with zero attached hydrogens (tertiary/aromatic N) is 4. The minimum Gasteiger partial charge on any atom is -0.341 e. The van der Waals surface area contributed by atoms with Gasteiger partial charge < -0.3 is 4.90 Å². The zero-order chi connectivity index (χ0) is 15.5. The molecular weight excluding hydrogens is 292 g/mol. The van der Waals surface area contributed by atoms with Crippen LogP contribution in [0, 0.1) is 6.92 Å². The smallest absolute Gasteiger partial charge is 0.232 e. The van der Waals surface area contributed by atoms with Gasteiger partial charge in [0.15, 0.2) is 5.16 Å². The molecule has 22 heavy (non-hydrogen) atoms. The summed E-state index contributed by atoms with van der Waals surface area (Å²) in [6, 6.07) is 8.55.